The van der Waals surface area contributed by atoms with Crippen LogP contribution in [-0.2, 0) is 5.41 Å². The molecule has 0 saturated heterocycles. The Kier molecular flexibility index (Phi) is 5.52. The van der Waals surface area contributed by atoms with Crippen LogP contribution in [0.4, 0.5) is 0 Å². The van der Waals surface area contributed by atoms with E-state index >= 15 is 0 Å². The van der Waals surface area contributed by atoms with Crippen LogP contribution in [0.2, 0.25) is 0 Å². The molecule has 102 valence electrons. The summed E-state index contributed by atoms with van der Waals surface area (Å²) in [6, 6.07) is 5.62. The molecule has 1 N–H and O–H groups in total. The van der Waals surface area contributed by atoms with E-state index in [1.807, 2.05) is 12.1 Å². The highest BCUT2D eigenvalue weighted by molar-refractivity contribution is 5.44. The molecule has 2 heteroatoms. The second kappa shape index (κ2) is 6.67. The Morgan fingerprint density at radius 3 is 2.17 bits per heavy atom. The van der Waals surface area contributed by atoms with E-state index in [-0.39, 0.29) is 5.41 Å². The summed E-state index contributed by atoms with van der Waals surface area (Å²) < 4.78 is 5.67. The summed E-state index contributed by atoms with van der Waals surface area (Å²) in [4.78, 5) is 0. The molecule has 0 aromatic heterocycles. The topological polar surface area (TPSA) is 29.5 Å². The van der Waals surface area contributed by atoms with Crippen LogP contribution in [0.25, 0.3) is 0 Å². The lowest BCUT2D eigenvalue weighted by Gasteiger charge is -2.32. The molecule has 0 atom stereocenters. The van der Waals surface area contributed by atoms with Gasteiger partial charge in [0.15, 0.2) is 0 Å². The van der Waals surface area contributed by atoms with Crippen molar-refractivity contribution in [2.45, 2.75) is 58.8 Å². The van der Waals surface area contributed by atoms with Crippen LogP contribution in [-0.4, -0.2) is 11.7 Å². The summed E-state index contributed by atoms with van der Waals surface area (Å²) in [5.74, 6) is 1.26. The minimum atomic E-state index is 0.0651. The maximum absolute atomic E-state index is 10.1. The number of phenolic OH excluding ortho intramolecular Hbond substituents is 1. The van der Waals surface area contributed by atoms with E-state index < -0.39 is 0 Å². The van der Waals surface area contributed by atoms with Crippen LogP contribution in [0.3, 0.4) is 0 Å². The third-order valence-corrected chi connectivity index (χ3v) is 4.04. The van der Waals surface area contributed by atoms with Gasteiger partial charge >= 0.3 is 0 Å². The smallest absolute Gasteiger partial charge is 0.119 e. The quantitative estimate of drug-likeness (QED) is 0.763. The van der Waals surface area contributed by atoms with Crippen molar-refractivity contribution in [2.24, 2.45) is 0 Å². The minimum absolute atomic E-state index is 0.0651. The third kappa shape index (κ3) is 2.98. The maximum Gasteiger partial charge on any atom is 0.119 e. The van der Waals surface area contributed by atoms with Crippen molar-refractivity contribution in [1.82, 2.24) is 0 Å². The van der Waals surface area contributed by atoms with E-state index in [2.05, 4.69) is 27.7 Å². The number of hydrogen-bond acceptors (Lipinski definition) is 2. The first-order valence-corrected chi connectivity index (χ1v) is 7.09. The summed E-state index contributed by atoms with van der Waals surface area (Å²) in [7, 11) is 0. The fraction of sp³-hybridized carbons (Fsp3) is 0.625. The molecule has 0 spiro atoms. The van der Waals surface area contributed by atoms with Crippen molar-refractivity contribution in [1.29, 1.82) is 0 Å². The first-order chi connectivity index (χ1) is 8.63. The number of aromatic hydroxyl groups is 1. The van der Waals surface area contributed by atoms with Gasteiger partial charge in [-0.1, -0.05) is 27.7 Å². The van der Waals surface area contributed by atoms with Gasteiger partial charge < -0.3 is 9.84 Å². The van der Waals surface area contributed by atoms with Crippen LogP contribution < -0.4 is 4.74 Å². The molecular weight excluding hydrogens is 224 g/mol. The van der Waals surface area contributed by atoms with E-state index in [1.54, 1.807) is 6.07 Å². The molecule has 0 saturated carbocycles. The first-order valence-electron chi connectivity index (χ1n) is 7.09. The van der Waals surface area contributed by atoms with Gasteiger partial charge in [-0.3, -0.25) is 0 Å². The molecule has 0 unspecified atom stereocenters. The number of benzene rings is 1. The number of phenols is 1. The highest BCUT2D eigenvalue weighted by atomic mass is 16.5. The van der Waals surface area contributed by atoms with Crippen LogP contribution in [0.1, 0.15) is 58.9 Å². The molecule has 0 bridgehead atoms. The van der Waals surface area contributed by atoms with E-state index in [1.165, 1.54) is 0 Å². The van der Waals surface area contributed by atoms with Gasteiger partial charge in [-0.2, -0.15) is 0 Å². The Hall–Kier alpha value is -1.18. The third-order valence-electron chi connectivity index (χ3n) is 4.04. The second-order valence-corrected chi connectivity index (χ2v) is 4.87. The summed E-state index contributed by atoms with van der Waals surface area (Å²) in [5.41, 5.74) is 1.10. The highest BCUT2D eigenvalue weighted by Crippen LogP contribution is 2.41. The van der Waals surface area contributed by atoms with E-state index in [9.17, 15) is 5.11 Å². The SMILES string of the molecule is CCCOc1ccc(O)c(C(CC)(CC)CC)c1. The molecule has 0 aliphatic rings. The molecule has 0 aliphatic heterocycles. The van der Waals surface area contributed by atoms with Gasteiger partial charge in [0.1, 0.15) is 11.5 Å². The largest absolute Gasteiger partial charge is 0.508 e. The first kappa shape index (κ1) is 14.9. The molecule has 1 aromatic rings. The van der Waals surface area contributed by atoms with Crippen LogP contribution >= 0.6 is 0 Å². The van der Waals surface area contributed by atoms with Crippen molar-refractivity contribution >= 4 is 0 Å². The molecule has 0 heterocycles. The van der Waals surface area contributed by atoms with Gasteiger partial charge in [0.2, 0.25) is 0 Å². The number of ether oxygens (including phenoxy) is 1. The number of rotatable bonds is 7. The Morgan fingerprint density at radius 1 is 1.06 bits per heavy atom. The zero-order valence-corrected chi connectivity index (χ0v) is 12.1. The van der Waals surface area contributed by atoms with Gasteiger partial charge in [-0.05, 0) is 49.3 Å². The molecule has 18 heavy (non-hydrogen) atoms. The molecule has 0 fully saturated rings. The molecule has 2 nitrogen and oxygen atoms in total. The summed E-state index contributed by atoms with van der Waals surface area (Å²) in [6.45, 7) is 9.38. The van der Waals surface area contributed by atoms with Crippen LogP contribution in [0.5, 0.6) is 11.5 Å². The lowest BCUT2D eigenvalue weighted by atomic mass is 9.73. The average Bonchev–Trinajstić information content (AvgIpc) is 2.41. The maximum atomic E-state index is 10.1. The molecule has 0 aliphatic carbocycles. The summed E-state index contributed by atoms with van der Waals surface area (Å²) in [6.07, 6.45) is 4.09. The molecule has 1 aromatic carbocycles. The second-order valence-electron chi connectivity index (χ2n) is 4.87. The fourth-order valence-corrected chi connectivity index (χ4v) is 2.57. The number of hydrogen-bond donors (Lipinski definition) is 1. The zero-order valence-electron chi connectivity index (χ0n) is 12.1. The standard InChI is InChI=1S/C16H26O2/c1-5-11-18-13-9-10-15(17)14(12-13)16(6-2,7-3)8-4/h9-10,12,17H,5-8,11H2,1-4H3. The van der Waals surface area contributed by atoms with Gasteiger partial charge in [0.05, 0.1) is 6.61 Å². The molecule has 0 radical (unpaired) electrons. The Balaban J connectivity index is 3.12. The van der Waals surface area contributed by atoms with Crippen LogP contribution in [0, 0.1) is 0 Å². The van der Waals surface area contributed by atoms with Crippen molar-refractivity contribution in [3.63, 3.8) is 0 Å². The van der Waals surface area contributed by atoms with E-state index in [0.717, 1.165) is 43.6 Å². The predicted molar refractivity (Wildman–Crippen MR) is 76.4 cm³/mol. The van der Waals surface area contributed by atoms with Crippen molar-refractivity contribution < 1.29 is 9.84 Å². The molecule has 1 rings (SSSR count). The Labute approximate surface area is 111 Å². The lowest BCUT2D eigenvalue weighted by molar-refractivity contribution is 0.311. The van der Waals surface area contributed by atoms with E-state index in [4.69, 9.17) is 4.74 Å². The Bertz CT molecular complexity index is 359. The van der Waals surface area contributed by atoms with Crippen molar-refractivity contribution in [3.8, 4) is 11.5 Å². The van der Waals surface area contributed by atoms with Crippen molar-refractivity contribution in [2.75, 3.05) is 6.61 Å². The highest BCUT2D eigenvalue weighted by Gasteiger charge is 2.29. The predicted octanol–water partition coefficient (Wildman–Crippen LogP) is 4.65. The Morgan fingerprint density at radius 2 is 1.67 bits per heavy atom. The minimum Gasteiger partial charge on any atom is -0.508 e. The lowest BCUT2D eigenvalue weighted by Crippen LogP contribution is -2.23. The van der Waals surface area contributed by atoms with Crippen LogP contribution in [0.15, 0.2) is 18.2 Å². The van der Waals surface area contributed by atoms with E-state index in [0.29, 0.717) is 5.75 Å². The van der Waals surface area contributed by atoms with Gasteiger partial charge in [0.25, 0.3) is 0 Å². The zero-order chi connectivity index (χ0) is 13.6. The van der Waals surface area contributed by atoms with Gasteiger partial charge in [0, 0.05) is 5.56 Å². The summed E-state index contributed by atoms with van der Waals surface area (Å²) in [5, 5.41) is 10.1. The average molecular weight is 250 g/mol. The molecular formula is C16H26O2. The van der Waals surface area contributed by atoms with Gasteiger partial charge in [-0.15, -0.1) is 0 Å². The van der Waals surface area contributed by atoms with Crippen molar-refractivity contribution in [3.05, 3.63) is 23.8 Å². The monoisotopic (exact) mass is 250 g/mol. The van der Waals surface area contributed by atoms with Gasteiger partial charge in [-0.25, -0.2) is 0 Å². The summed E-state index contributed by atoms with van der Waals surface area (Å²) >= 11 is 0. The fourth-order valence-electron chi connectivity index (χ4n) is 2.57. The normalized spacial score (nSPS) is 11.6. The molecule has 0 amide bonds.